The van der Waals surface area contributed by atoms with Gasteiger partial charge in [-0.1, -0.05) is 19.1 Å². The lowest BCUT2D eigenvalue weighted by atomic mass is 10.1. The van der Waals surface area contributed by atoms with Gasteiger partial charge in [0.25, 0.3) is 0 Å². The second-order valence-electron chi connectivity index (χ2n) is 5.21. The molecule has 0 aromatic heterocycles. The van der Waals surface area contributed by atoms with Crippen molar-refractivity contribution in [2.45, 2.75) is 31.6 Å². The molecule has 5 nitrogen and oxygen atoms in total. The lowest BCUT2D eigenvalue weighted by molar-refractivity contribution is 0.241. The molecule has 0 atom stereocenters. The molecule has 0 heterocycles. The van der Waals surface area contributed by atoms with Crippen LogP contribution in [0.3, 0.4) is 0 Å². The topological polar surface area (TPSA) is 83.8 Å². The molecule has 0 amide bonds. The van der Waals surface area contributed by atoms with E-state index in [1.54, 1.807) is 19.1 Å². The van der Waals surface area contributed by atoms with Crippen molar-refractivity contribution < 1.29 is 27.8 Å². The molecule has 7 heteroatoms. The van der Waals surface area contributed by atoms with Crippen LogP contribution in [0.2, 0.25) is 0 Å². The lowest BCUT2D eigenvalue weighted by Gasteiger charge is -2.14. The van der Waals surface area contributed by atoms with E-state index in [9.17, 15) is 23.0 Å². The van der Waals surface area contributed by atoms with Gasteiger partial charge in [0.2, 0.25) is 0 Å². The third kappa shape index (κ3) is 4.11. The minimum atomic E-state index is -3.26. The zero-order chi connectivity index (χ0) is 17.7. The number of rotatable bonds is 7. The van der Waals surface area contributed by atoms with Crippen LogP contribution in [0.25, 0.3) is 0 Å². The maximum atomic E-state index is 13.4. The Morgan fingerprint density at radius 1 is 1.04 bits per heavy atom. The molecule has 24 heavy (non-hydrogen) atoms. The molecule has 0 spiro atoms. The van der Waals surface area contributed by atoms with E-state index in [0.717, 1.165) is 12.1 Å². The summed E-state index contributed by atoms with van der Waals surface area (Å²) < 4.78 is 42.5. The third-order valence-corrected chi connectivity index (χ3v) is 5.34. The molecule has 0 radical (unpaired) electrons. The van der Waals surface area contributed by atoms with E-state index in [1.807, 2.05) is 0 Å². The Morgan fingerprint density at radius 2 is 1.58 bits per heavy atom. The van der Waals surface area contributed by atoms with Gasteiger partial charge in [0.05, 0.1) is 23.9 Å². The summed E-state index contributed by atoms with van der Waals surface area (Å²) in [4.78, 5) is 0.239. The molecular formula is C17H19FO5S. The van der Waals surface area contributed by atoms with Crippen LogP contribution in [0.15, 0.2) is 41.3 Å². The molecule has 0 aliphatic heterocycles. The molecule has 0 fully saturated rings. The minimum absolute atomic E-state index is 0.0259. The van der Waals surface area contributed by atoms with Crippen LogP contribution in [-0.4, -0.2) is 24.4 Å². The molecule has 0 unspecified atom stereocenters. The van der Waals surface area contributed by atoms with Gasteiger partial charge < -0.3 is 14.9 Å². The summed E-state index contributed by atoms with van der Waals surface area (Å²) in [6.45, 7) is 0.827. The number of aliphatic hydroxyl groups is 2. The average molecular weight is 354 g/mol. The summed E-state index contributed by atoms with van der Waals surface area (Å²) in [7, 11) is -3.26. The van der Waals surface area contributed by atoms with Gasteiger partial charge in [0, 0.05) is 11.1 Å². The van der Waals surface area contributed by atoms with Crippen LogP contribution in [-0.2, 0) is 29.7 Å². The van der Waals surface area contributed by atoms with Gasteiger partial charge in [-0.25, -0.2) is 12.8 Å². The molecule has 130 valence electrons. The van der Waals surface area contributed by atoms with Crippen LogP contribution < -0.4 is 4.74 Å². The van der Waals surface area contributed by atoms with Crippen LogP contribution in [0.1, 0.15) is 23.6 Å². The first-order valence-electron chi connectivity index (χ1n) is 7.38. The number of aliphatic hydroxyl groups excluding tert-OH is 2. The predicted molar refractivity (Wildman–Crippen MR) is 86.7 cm³/mol. The van der Waals surface area contributed by atoms with Crippen molar-refractivity contribution >= 4 is 9.84 Å². The van der Waals surface area contributed by atoms with Crippen molar-refractivity contribution in [2.75, 3.05) is 5.75 Å². The number of benzene rings is 2. The summed E-state index contributed by atoms with van der Waals surface area (Å²) in [6.07, 6.45) is 0. The van der Waals surface area contributed by atoms with Gasteiger partial charge in [0.1, 0.15) is 18.2 Å². The Morgan fingerprint density at radius 3 is 2.04 bits per heavy atom. The van der Waals surface area contributed by atoms with Gasteiger partial charge in [-0.2, -0.15) is 0 Å². The summed E-state index contributed by atoms with van der Waals surface area (Å²) >= 11 is 0. The summed E-state index contributed by atoms with van der Waals surface area (Å²) in [6, 6.07) is 8.55. The Balaban J connectivity index is 2.20. The molecular weight excluding hydrogens is 335 g/mol. The smallest absolute Gasteiger partial charge is 0.178 e. The maximum absolute atomic E-state index is 13.4. The van der Waals surface area contributed by atoms with Crippen LogP contribution in [0.4, 0.5) is 4.39 Å². The molecule has 0 aliphatic rings. The summed E-state index contributed by atoms with van der Waals surface area (Å²) in [5.41, 5.74) is 1.19. The third-order valence-electron chi connectivity index (χ3n) is 3.59. The zero-order valence-corrected chi connectivity index (χ0v) is 14.0. The quantitative estimate of drug-likeness (QED) is 0.796. The van der Waals surface area contributed by atoms with E-state index < -0.39 is 28.9 Å². The minimum Gasteiger partial charge on any atom is -0.488 e. The van der Waals surface area contributed by atoms with E-state index in [0.29, 0.717) is 5.56 Å². The van der Waals surface area contributed by atoms with Gasteiger partial charge in [-0.3, -0.25) is 0 Å². The number of halogens is 1. The van der Waals surface area contributed by atoms with E-state index in [-0.39, 0.29) is 34.1 Å². The van der Waals surface area contributed by atoms with E-state index in [2.05, 4.69) is 0 Å². The second kappa shape index (κ2) is 7.74. The normalized spacial score (nSPS) is 11.5. The Bertz CT molecular complexity index is 775. The highest BCUT2D eigenvalue weighted by Crippen LogP contribution is 2.27. The standard InChI is InChI=1S/C17H19FO5S/c1-2-24(21,22)16-5-3-12(4-6-16)11-23-17-13(9-19)7-15(18)8-14(17)10-20/h3-8,19-20H,2,9-11H2,1H3. The predicted octanol–water partition coefficient (Wildman–Crippen LogP) is 2.18. The molecule has 0 saturated carbocycles. The molecule has 2 rings (SSSR count). The van der Waals surface area contributed by atoms with Gasteiger partial charge in [0.15, 0.2) is 9.84 Å². The number of sulfone groups is 1. The van der Waals surface area contributed by atoms with Crippen molar-refractivity contribution in [1.82, 2.24) is 0 Å². The number of ether oxygens (including phenoxy) is 1. The van der Waals surface area contributed by atoms with Crippen LogP contribution in [0, 0.1) is 5.82 Å². The molecule has 0 aliphatic carbocycles. The molecule has 2 aromatic rings. The first kappa shape index (κ1) is 18.4. The van der Waals surface area contributed by atoms with Crippen molar-refractivity contribution in [3.05, 3.63) is 58.9 Å². The molecule has 0 saturated heterocycles. The molecule has 0 bridgehead atoms. The van der Waals surface area contributed by atoms with Gasteiger partial charge >= 0.3 is 0 Å². The van der Waals surface area contributed by atoms with Crippen LogP contribution in [0.5, 0.6) is 5.75 Å². The lowest BCUT2D eigenvalue weighted by Crippen LogP contribution is -2.05. The van der Waals surface area contributed by atoms with E-state index in [1.165, 1.54) is 12.1 Å². The van der Waals surface area contributed by atoms with E-state index >= 15 is 0 Å². The van der Waals surface area contributed by atoms with Gasteiger partial charge in [-0.15, -0.1) is 0 Å². The van der Waals surface area contributed by atoms with E-state index in [4.69, 9.17) is 4.74 Å². The Kier molecular flexibility index (Phi) is 5.93. The Labute approximate surface area is 140 Å². The molecule has 2 N–H and O–H groups in total. The van der Waals surface area contributed by atoms with Crippen molar-refractivity contribution in [3.63, 3.8) is 0 Å². The average Bonchev–Trinajstić information content (AvgIpc) is 2.60. The highest BCUT2D eigenvalue weighted by molar-refractivity contribution is 7.91. The first-order chi connectivity index (χ1) is 11.4. The van der Waals surface area contributed by atoms with Crippen molar-refractivity contribution in [3.8, 4) is 5.75 Å². The number of hydrogen-bond donors (Lipinski definition) is 2. The summed E-state index contributed by atoms with van der Waals surface area (Å²) in [5, 5.41) is 18.6. The number of hydrogen-bond acceptors (Lipinski definition) is 5. The fraction of sp³-hybridized carbons (Fsp3) is 0.294. The highest BCUT2D eigenvalue weighted by Gasteiger charge is 2.13. The fourth-order valence-electron chi connectivity index (χ4n) is 2.25. The largest absolute Gasteiger partial charge is 0.488 e. The summed E-state index contributed by atoms with van der Waals surface area (Å²) in [5.74, 6) is -0.311. The van der Waals surface area contributed by atoms with Crippen molar-refractivity contribution in [2.24, 2.45) is 0 Å². The Hall–Kier alpha value is -1.96. The monoisotopic (exact) mass is 354 g/mol. The van der Waals surface area contributed by atoms with Gasteiger partial charge in [-0.05, 0) is 29.8 Å². The zero-order valence-electron chi connectivity index (χ0n) is 13.2. The van der Waals surface area contributed by atoms with Crippen LogP contribution >= 0.6 is 0 Å². The molecule has 2 aromatic carbocycles. The van der Waals surface area contributed by atoms with Crippen molar-refractivity contribution in [1.29, 1.82) is 0 Å². The SMILES string of the molecule is CCS(=O)(=O)c1ccc(COc2c(CO)cc(F)cc2CO)cc1. The first-order valence-corrected chi connectivity index (χ1v) is 9.04. The maximum Gasteiger partial charge on any atom is 0.178 e. The second-order valence-corrected chi connectivity index (χ2v) is 7.48. The fourth-order valence-corrected chi connectivity index (χ4v) is 3.13. The highest BCUT2D eigenvalue weighted by atomic mass is 32.2.